The summed E-state index contributed by atoms with van der Waals surface area (Å²) in [6.07, 6.45) is 1.69. The Kier molecular flexibility index (Phi) is 3.91. The largest absolute Gasteiger partial charge is 0.399 e. The van der Waals surface area contributed by atoms with Crippen molar-refractivity contribution < 1.29 is 8.42 Å². The van der Waals surface area contributed by atoms with Crippen LogP contribution in [0, 0.1) is 6.92 Å². The van der Waals surface area contributed by atoms with Crippen LogP contribution in [-0.2, 0) is 16.6 Å². The van der Waals surface area contributed by atoms with Crippen LogP contribution in [0.1, 0.15) is 11.3 Å². The number of pyridine rings is 1. The number of hydrogen-bond donors (Lipinski definition) is 3. The third-order valence-electron chi connectivity index (χ3n) is 2.88. The summed E-state index contributed by atoms with van der Waals surface area (Å²) in [5.74, 6) is 0. The average Bonchev–Trinajstić information content (AvgIpc) is 2.38. The summed E-state index contributed by atoms with van der Waals surface area (Å²) in [6, 6.07) is 8.32. The topological polar surface area (TPSA) is 111 Å². The molecule has 1 aromatic heterocycles. The highest BCUT2D eigenvalue weighted by Gasteiger charge is 2.14. The summed E-state index contributed by atoms with van der Waals surface area (Å²) >= 11 is 0. The molecular formula is C13H16N4O2S. The van der Waals surface area contributed by atoms with Crippen LogP contribution < -0.4 is 16.2 Å². The molecule has 0 atom stereocenters. The summed E-state index contributed by atoms with van der Waals surface area (Å²) in [7, 11) is -3.83. The van der Waals surface area contributed by atoms with E-state index in [0.717, 1.165) is 11.3 Å². The van der Waals surface area contributed by atoms with Crippen molar-refractivity contribution in [1.82, 2.24) is 4.98 Å². The van der Waals surface area contributed by atoms with E-state index in [1.807, 2.05) is 19.1 Å². The van der Waals surface area contributed by atoms with Crippen molar-refractivity contribution in [2.24, 2.45) is 5.14 Å². The molecule has 0 saturated heterocycles. The van der Waals surface area contributed by atoms with Crippen LogP contribution in [0.2, 0.25) is 0 Å². The lowest BCUT2D eigenvalue weighted by molar-refractivity contribution is 0.598. The normalized spacial score (nSPS) is 11.3. The molecule has 20 heavy (non-hydrogen) atoms. The number of hydrogen-bond acceptors (Lipinski definition) is 5. The van der Waals surface area contributed by atoms with Crippen molar-refractivity contribution in [3.63, 3.8) is 0 Å². The van der Waals surface area contributed by atoms with E-state index in [4.69, 9.17) is 10.9 Å². The Hall–Kier alpha value is -2.12. The second kappa shape index (κ2) is 5.48. The molecule has 106 valence electrons. The zero-order valence-corrected chi connectivity index (χ0v) is 11.8. The number of aromatic nitrogens is 1. The van der Waals surface area contributed by atoms with Crippen LogP contribution in [0.5, 0.6) is 0 Å². The molecule has 2 aromatic rings. The molecule has 1 heterocycles. The van der Waals surface area contributed by atoms with Crippen molar-refractivity contribution in [1.29, 1.82) is 0 Å². The third kappa shape index (κ3) is 3.25. The maximum atomic E-state index is 11.6. The highest BCUT2D eigenvalue weighted by atomic mass is 32.2. The lowest BCUT2D eigenvalue weighted by Gasteiger charge is -2.12. The molecule has 0 aliphatic rings. The van der Waals surface area contributed by atoms with E-state index in [9.17, 15) is 8.42 Å². The summed E-state index contributed by atoms with van der Waals surface area (Å²) in [5, 5.41) is 8.21. The van der Waals surface area contributed by atoms with E-state index in [1.54, 1.807) is 18.3 Å². The van der Waals surface area contributed by atoms with Gasteiger partial charge in [-0.2, -0.15) is 0 Å². The van der Waals surface area contributed by atoms with E-state index < -0.39 is 10.0 Å². The standard InChI is InChI=1S/C13H16N4O2S/c1-9-3-2-6-16-12(9)8-17-11-5-4-10(14)7-13(11)20(15,18)19/h2-7,17H,8,14H2,1H3,(H2,15,18,19). The summed E-state index contributed by atoms with van der Waals surface area (Å²) in [6.45, 7) is 2.34. The van der Waals surface area contributed by atoms with E-state index in [-0.39, 0.29) is 4.90 Å². The van der Waals surface area contributed by atoms with E-state index in [0.29, 0.717) is 17.9 Å². The Balaban J connectivity index is 2.29. The number of primary sulfonamides is 1. The first-order valence-corrected chi connectivity index (χ1v) is 7.49. The molecule has 5 N–H and O–H groups in total. The van der Waals surface area contributed by atoms with Crippen LogP contribution in [-0.4, -0.2) is 13.4 Å². The molecular weight excluding hydrogens is 276 g/mol. The fourth-order valence-corrected chi connectivity index (χ4v) is 2.55. The Morgan fingerprint density at radius 2 is 2.05 bits per heavy atom. The summed E-state index contributed by atoms with van der Waals surface area (Å²) in [4.78, 5) is 4.21. The molecule has 0 fully saturated rings. The highest BCUT2D eigenvalue weighted by molar-refractivity contribution is 7.89. The van der Waals surface area contributed by atoms with Gasteiger partial charge < -0.3 is 11.1 Å². The van der Waals surface area contributed by atoms with Crippen molar-refractivity contribution in [2.75, 3.05) is 11.1 Å². The van der Waals surface area contributed by atoms with Gasteiger partial charge in [0.2, 0.25) is 10.0 Å². The van der Waals surface area contributed by atoms with Crippen LogP contribution >= 0.6 is 0 Å². The van der Waals surface area contributed by atoms with Gasteiger partial charge in [-0.3, -0.25) is 4.98 Å². The van der Waals surface area contributed by atoms with Gasteiger partial charge in [0.15, 0.2) is 0 Å². The lowest BCUT2D eigenvalue weighted by atomic mass is 10.2. The molecule has 0 saturated carbocycles. The highest BCUT2D eigenvalue weighted by Crippen LogP contribution is 2.23. The van der Waals surface area contributed by atoms with E-state index in [1.165, 1.54) is 6.07 Å². The first-order chi connectivity index (χ1) is 9.38. The van der Waals surface area contributed by atoms with Gasteiger partial charge in [-0.25, -0.2) is 13.6 Å². The number of anilines is 2. The molecule has 0 radical (unpaired) electrons. The molecule has 7 heteroatoms. The van der Waals surface area contributed by atoms with Crippen LogP contribution in [0.15, 0.2) is 41.4 Å². The fraction of sp³-hybridized carbons (Fsp3) is 0.154. The number of nitrogens with one attached hydrogen (secondary N) is 1. The van der Waals surface area contributed by atoms with Crippen LogP contribution in [0.4, 0.5) is 11.4 Å². The van der Waals surface area contributed by atoms with Gasteiger partial charge in [0, 0.05) is 11.9 Å². The fourth-order valence-electron chi connectivity index (χ4n) is 1.80. The van der Waals surface area contributed by atoms with Gasteiger partial charge in [0.05, 0.1) is 17.9 Å². The predicted octanol–water partition coefficient (Wildman–Crippen LogP) is 1.23. The van der Waals surface area contributed by atoms with Crippen molar-refractivity contribution in [3.8, 4) is 0 Å². The molecule has 0 amide bonds. The van der Waals surface area contributed by atoms with Gasteiger partial charge in [0.25, 0.3) is 0 Å². The third-order valence-corrected chi connectivity index (χ3v) is 3.83. The number of aryl methyl sites for hydroxylation is 1. The summed E-state index contributed by atoms with van der Waals surface area (Å²) in [5.41, 5.74) is 8.20. The van der Waals surface area contributed by atoms with Crippen LogP contribution in [0.25, 0.3) is 0 Å². The predicted molar refractivity (Wildman–Crippen MR) is 78.5 cm³/mol. The molecule has 0 unspecified atom stereocenters. The van der Waals surface area contributed by atoms with E-state index >= 15 is 0 Å². The zero-order chi connectivity index (χ0) is 14.8. The average molecular weight is 292 g/mol. The van der Waals surface area contributed by atoms with Gasteiger partial charge in [-0.15, -0.1) is 0 Å². The molecule has 6 nitrogen and oxygen atoms in total. The minimum Gasteiger partial charge on any atom is -0.399 e. The first kappa shape index (κ1) is 14.3. The molecule has 2 rings (SSSR count). The SMILES string of the molecule is Cc1cccnc1CNc1ccc(N)cc1S(N)(=O)=O. The second-order valence-electron chi connectivity index (χ2n) is 4.42. The Morgan fingerprint density at radius 1 is 1.30 bits per heavy atom. The Labute approximate surface area is 117 Å². The van der Waals surface area contributed by atoms with Crippen molar-refractivity contribution in [3.05, 3.63) is 47.8 Å². The minimum absolute atomic E-state index is 0.0221. The maximum Gasteiger partial charge on any atom is 0.240 e. The van der Waals surface area contributed by atoms with Gasteiger partial charge in [-0.1, -0.05) is 6.07 Å². The zero-order valence-electron chi connectivity index (χ0n) is 11.0. The van der Waals surface area contributed by atoms with Gasteiger partial charge in [-0.05, 0) is 36.8 Å². The Morgan fingerprint density at radius 3 is 2.70 bits per heavy atom. The Bertz CT molecular complexity index is 729. The van der Waals surface area contributed by atoms with E-state index in [2.05, 4.69) is 10.3 Å². The molecule has 0 spiro atoms. The lowest BCUT2D eigenvalue weighted by Crippen LogP contribution is -2.16. The maximum absolute atomic E-state index is 11.6. The number of nitrogen functional groups attached to an aromatic ring is 1. The minimum atomic E-state index is -3.83. The number of sulfonamides is 1. The smallest absolute Gasteiger partial charge is 0.240 e. The molecule has 0 aliphatic heterocycles. The quantitative estimate of drug-likeness (QED) is 0.734. The molecule has 1 aromatic carbocycles. The van der Waals surface area contributed by atoms with Crippen LogP contribution in [0.3, 0.4) is 0 Å². The number of nitrogens with zero attached hydrogens (tertiary/aromatic N) is 1. The number of rotatable bonds is 4. The van der Waals surface area contributed by atoms with Crippen molar-refractivity contribution >= 4 is 21.4 Å². The van der Waals surface area contributed by atoms with Crippen molar-refractivity contribution in [2.45, 2.75) is 18.4 Å². The monoisotopic (exact) mass is 292 g/mol. The molecule has 0 aliphatic carbocycles. The van der Waals surface area contributed by atoms with Gasteiger partial charge in [0.1, 0.15) is 4.90 Å². The van der Waals surface area contributed by atoms with Gasteiger partial charge >= 0.3 is 0 Å². The number of nitrogens with two attached hydrogens (primary N) is 2. The first-order valence-electron chi connectivity index (χ1n) is 5.94. The molecule has 0 bridgehead atoms. The summed E-state index contributed by atoms with van der Waals surface area (Å²) < 4.78 is 23.1. The number of benzene rings is 1. The second-order valence-corrected chi connectivity index (χ2v) is 5.95.